The van der Waals surface area contributed by atoms with Crippen molar-refractivity contribution in [2.45, 2.75) is 70.9 Å². The van der Waals surface area contributed by atoms with Crippen LogP contribution in [0.5, 0.6) is 0 Å². The first-order valence-electron chi connectivity index (χ1n) is 6.27. The van der Waals surface area contributed by atoms with Crippen LogP contribution in [0.15, 0.2) is 0 Å². The molecule has 0 radical (unpaired) electrons. The highest BCUT2D eigenvalue weighted by molar-refractivity contribution is 6.47. The Bertz CT molecular complexity index is 272. The molecule has 0 amide bonds. The van der Waals surface area contributed by atoms with Gasteiger partial charge in [-0.25, -0.2) is 0 Å². The number of hydrogen-bond acceptors (Lipinski definition) is 3. The van der Waals surface area contributed by atoms with E-state index in [1.54, 1.807) is 0 Å². The van der Waals surface area contributed by atoms with Gasteiger partial charge >= 0.3 is 13.1 Å². The molecule has 1 rings (SSSR count). The van der Waals surface area contributed by atoms with Gasteiger partial charge in [-0.05, 0) is 27.7 Å². The van der Waals surface area contributed by atoms with Crippen molar-refractivity contribution in [2.75, 3.05) is 0 Å². The predicted molar refractivity (Wildman–Crippen MR) is 67.0 cm³/mol. The van der Waals surface area contributed by atoms with Crippen LogP contribution in [-0.4, -0.2) is 29.4 Å². The zero-order chi connectivity index (χ0) is 13.3. The molecule has 0 saturated carbocycles. The number of hydrogen-bond donors (Lipinski definition) is 1. The summed E-state index contributed by atoms with van der Waals surface area (Å²) >= 11 is 0. The molecule has 0 spiro atoms. The molecule has 1 fully saturated rings. The highest BCUT2D eigenvalue weighted by Crippen LogP contribution is 2.41. The Morgan fingerprint density at radius 3 is 2.06 bits per heavy atom. The van der Waals surface area contributed by atoms with Gasteiger partial charge in [0.2, 0.25) is 0 Å². The molecule has 1 N–H and O–H groups in total. The summed E-state index contributed by atoms with van der Waals surface area (Å²) in [6.07, 6.45) is 1.84. The average molecular weight is 242 g/mol. The van der Waals surface area contributed by atoms with Crippen molar-refractivity contribution < 1.29 is 19.2 Å². The van der Waals surface area contributed by atoms with Crippen LogP contribution in [0.3, 0.4) is 0 Å². The molecule has 0 bridgehead atoms. The fraction of sp³-hybridized carbons (Fsp3) is 0.917. The Morgan fingerprint density at radius 1 is 1.24 bits per heavy atom. The predicted octanol–water partition coefficient (Wildman–Crippen LogP) is 2.72. The minimum Gasteiger partial charge on any atom is -0.481 e. The smallest absolute Gasteiger partial charge is 0.461 e. The fourth-order valence-electron chi connectivity index (χ4n) is 2.01. The van der Waals surface area contributed by atoms with Crippen molar-refractivity contribution >= 4 is 13.1 Å². The summed E-state index contributed by atoms with van der Waals surface area (Å²) < 4.78 is 11.8. The first kappa shape index (κ1) is 14.5. The Labute approximate surface area is 104 Å². The molecule has 1 aliphatic rings. The third kappa shape index (κ3) is 3.22. The van der Waals surface area contributed by atoms with E-state index >= 15 is 0 Å². The zero-order valence-electron chi connectivity index (χ0n) is 11.4. The van der Waals surface area contributed by atoms with E-state index in [4.69, 9.17) is 14.4 Å². The number of rotatable bonds is 5. The Morgan fingerprint density at radius 2 is 1.71 bits per heavy atom. The molecule has 0 aliphatic carbocycles. The van der Waals surface area contributed by atoms with Gasteiger partial charge in [-0.15, -0.1) is 0 Å². The summed E-state index contributed by atoms with van der Waals surface area (Å²) in [5.41, 5.74) is -0.773. The number of carboxylic acid groups (broad SMARTS) is 1. The standard InChI is InChI=1S/C12H23BO4/c1-6-7-9(8-10(14)15)13-16-11(2,3)12(4,5)17-13/h9H,6-8H2,1-5H3,(H,14,15). The summed E-state index contributed by atoms with van der Waals surface area (Å²) in [4.78, 5) is 10.9. The van der Waals surface area contributed by atoms with E-state index in [1.165, 1.54) is 0 Å². The van der Waals surface area contributed by atoms with E-state index in [2.05, 4.69) is 0 Å². The lowest BCUT2D eigenvalue weighted by Crippen LogP contribution is -2.41. The van der Waals surface area contributed by atoms with Crippen molar-refractivity contribution in [2.24, 2.45) is 0 Å². The van der Waals surface area contributed by atoms with Crippen molar-refractivity contribution in [1.82, 2.24) is 0 Å². The zero-order valence-corrected chi connectivity index (χ0v) is 11.4. The molecule has 1 atom stereocenters. The van der Waals surface area contributed by atoms with Crippen LogP contribution in [0.25, 0.3) is 0 Å². The third-order valence-corrected chi connectivity index (χ3v) is 3.75. The molecule has 1 aliphatic heterocycles. The van der Waals surface area contributed by atoms with Crippen LogP contribution < -0.4 is 0 Å². The van der Waals surface area contributed by atoms with E-state index in [0.29, 0.717) is 0 Å². The second-order valence-corrected chi connectivity index (χ2v) is 5.77. The fourth-order valence-corrected chi connectivity index (χ4v) is 2.01. The summed E-state index contributed by atoms with van der Waals surface area (Å²) in [6, 6.07) is 0. The molecule has 1 unspecified atom stereocenters. The van der Waals surface area contributed by atoms with Crippen LogP contribution in [0.2, 0.25) is 5.82 Å². The molecule has 4 nitrogen and oxygen atoms in total. The maximum Gasteiger partial charge on any atom is 0.461 e. The first-order valence-corrected chi connectivity index (χ1v) is 6.27. The van der Waals surface area contributed by atoms with Gasteiger partial charge in [0.25, 0.3) is 0 Å². The first-order chi connectivity index (χ1) is 7.69. The molecule has 0 aromatic rings. The molecular formula is C12H23BO4. The molecule has 1 heterocycles. The van der Waals surface area contributed by atoms with Crippen molar-refractivity contribution in [1.29, 1.82) is 0 Å². The van der Waals surface area contributed by atoms with Gasteiger partial charge in [0.1, 0.15) is 0 Å². The van der Waals surface area contributed by atoms with E-state index in [-0.39, 0.29) is 23.4 Å². The number of aliphatic carboxylic acids is 1. The van der Waals surface area contributed by atoms with Gasteiger partial charge in [-0.2, -0.15) is 0 Å². The molecule has 1 saturated heterocycles. The summed E-state index contributed by atoms with van der Waals surface area (Å²) in [5.74, 6) is -0.864. The van der Waals surface area contributed by atoms with Gasteiger partial charge in [-0.1, -0.05) is 19.8 Å². The van der Waals surface area contributed by atoms with E-state index < -0.39 is 13.1 Å². The molecule has 5 heteroatoms. The quantitative estimate of drug-likeness (QED) is 0.753. The monoisotopic (exact) mass is 242 g/mol. The van der Waals surface area contributed by atoms with Crippen LogP contribution in [-0.2, 0) is 14.1 Å². The second kappa shape index (κ2) is 4.98. The third-order valence-electron chi connectivity index (χ3n) is 3.75. The van der Waals surface area contributed by atoms with E-state index in [1.807, 2.05) is 34.6 Å². The van der Waals surface area contributed by atoms with Gasteiger partial charge in [-0.3, -0.25) is 4.79 Å². The molecule has 17 heavy (non-hydrogen) atoms. The Kier molecular flexibility index (Phi) is 4.26. The largest absolute Gasteiger partial charge is 0.481 e. The molecule has 98 valence electrons. The van der Waals surface area contributed by atoms with Crippen molar-refractivity contribution in [3.63, 3.8) is 0 Å². The number of carbonyl (C=O) groups is 1. The maximum atomic E-state index is 10.9. The lowest BCUT2D eigenvalue weighted by Gasteiger charge is -2.32. The minimum absolute atomic E-state index is 0.0708. The lowest BCUT2D eigenvalue weighted by molar-refractivity contribution is -0.137. The normalized spacial score (nSPS) is 23.7. The van der Waals surface area contributed by atoms with Crippen LogP contribution in [0.1, 0.15) is 53.9 Å². The Hall–Kier alpha value is -0.545. The summed E-state index contributed by atoms with van der Waals surface area (Å²) in [6.45, 7) is 9.97. The molecule has 0 aromatic carbocycles. The topological polar surface area (TPSA) is 55.8 Å². The lowest BCUT2D eigenvalue weighted by atomic mass is 9.67. The van der Waals surface area contributed by atoms with E-state index in [0.717, 1.165) is 12.8 Å². The highest BCUT2D eigenvalue weighted by atomic mass is 16.7. The Balaban J connectivity index is 2.75. The van der Waals surface area contributed by atoms with Gasteiger partial charge < -0.3 is 14.4 Å². The van der Waals surface area contributed by atoms with E-state index in [9.17, 15) is 4.79 Å². The van der Waals surface area contributed by atoms with Gasteiger partial charge in [0, 0.05) is 12.2 Å². The highest BCUT2D eigenvalue weighted by Gasteiger charge is 2.53. The van der Waals surface area contributed by atoms with Gasteiger partial charge in [0.15, 0.2) is 0 Å². The van der Waals surface area contributed by atoms with Gasteiger partial charge in [0.05, 0.1) is 11.2 Å². The average Bonchev–Trinajstić information content (AvgIpc) is 2.34. The number of carboxylic acids is 1. The van der Waals surface area contributed by atoms with Crippen LogP contribution in [0, 0.1) is 0 Å². The van der Waals surface area contributed by atoms with Crippen molar-refractivity contribution in [3.8, 4) is 0 Å². The van der Waals surface area contributed by atoms with Crippen LogP contribution >= 0.6 is 0 Å². The molecular weight excluding hydrogens is 219 g/mol. The minimum atomic E-state index is -0.793. The SMILES string of the molecule is CCCC(CC(=O)O)B1OC(C)(C)C(C)(C)O1. The summed E-state index contributed by atoms with van der Waals surface area (Å²) in [5, 5.41) is 8.92. The molecule has 0 aromatic heterocycles. The van der Waals surface area contributed by atoms with Crippen molar-refractivity contribution in [3.05, 3.63) is 0 Å². The second-order valence-electron chi connectivity index (χ2n) is 5.77. The maximum absolute atomic E-state index is 10.9. The summed E-state index contributed by atoms with van der Waals surface area (Å²) in [7, 11) is -0.406. The van der Waals surface area contributed by atoms with Crippen LogP contribution in [0.4, 0.5) is 0 Å².